The molecule has 0 bridgehead atoms. The first-order chi connectivity index (χ1) is 7.19. The first kappa shape index (κ1) is 11.7. The highest BCUT2D eigenvalue weighted by atomic mass is 16.2. The van der Waals surface area contributed by atoms with Gasteiger partial charge in [-0.2, -0.15) is 0 Å². The van der Waals surface area contributed by atoms with Gasteiger partial charge in [-0.3, -0.25) is 4.79 Å². The number of carbonyl (C=O) groups is 1. The average Bonchev–Trinajstić information content (AvgIpc) is 2.26. The van der Waals surface area contributed by atoms with E-state index in [-0.39, 0.29) is 5.91 Å². The van der Waals surface area contributed by atoms with Crippen LogP contribution >= 0.6 is 0 Å². The van der Waals surface area contributed by atoms with Gasteiger partial charge < -0.3 is 9.80 Å². The third-order valence-electron chi connectivity index (χ3n) is 2.55. The summed E-state index contributed by atoms with van der Waals surface area (Å²) in [6.45, 7) is 10.7. The lowest BCUT2D eigenvalue weighted by atomic mass is 10.2. The first-order valence-corrected chi connectivity index (χ1v) is 5.12. The van der Waals surface area contributed by atoms with E-state index in [1.54, 1.807) is 18.2 Å². The summed E-state index contributed by atoms with van der Waals surface area (Å²) in [5.74, 6) is 0.0537. The van der Waals surface area contributed by atoms with Crippen molar-refractivity contribution in [2.75, 3.05) is 33.2 Å². The largest absolute Gasteiger partial charge is 0.336 e. The van der Waals surface area contributed by atoms with Crippen molar-refractivity contribution in [3.8, 4) is 0 Å². The molecule has 0 aromatic carbocycles. The Hall–Kier alpha value is -1.35. The van der Waals surface area contributed by atoms with Crippen LogP contribution in [0.1, 0.15) is 0 Å². The maximum Gasteiger partial charge on any atom is 0.253 e. The zero-order valence-electron chi connectivity index (χ0n) is 9.28. The van der Waals surface area contributed by atoms with Gasteiger partial charge in [-0.15, -0.1) is 0 Å². The van der Waals surface area contributed by atoms with Crippen LogP contribution in [0.5, 0.6) is 0 Å². The quantitative estimate of drug-likeness (QED) is 0.509. The Morgan fingerprint density at radius 2 is 1.80 bits per heavy atom. The zero-order valence-corrected chi connectivity index (χ0v) is 9.28. The van der Waals surface area contributed by atoms with Gasteiger partial charge in [0.1, 0.15) is 0 Å². The number of nitrogens with zero attached hydrogens (tertiary/aromatic N) is 2. The van der Waals surface area contributed by atoms with E-state index in [2.05, 4.69) is 25.1 Å². The molecule has 0 atom stereocenters. The van der Waals surface area contributed by atoms with Crippen molar-refractivity contribution >= 4 is 5.91 Å². The summed E-state index contributed by atoms with van der Waals surface area (Å²) in [7, 11) is 2.07. The topological polar surface area (TPSA) is 23.6 Å². The van der Waals surface area contributed by atoms with E-state index in [0.717, 1.165) is 26.2 Å². The Labute approximate surface area is 91.4 Å². The van der Waals surface area contributed by atoms with Crippen molar-refractivity contribution in [2.45, 2.75) is 0 Å². The predicted molar refractivity (Wildman–Crippen MR) is 62.6 cm³/mol. The Morgan fingerprint density at radius 3 is 2.27 bits per heavy atom. The molecule has 0 spiro atoms. The van der Waals surface area contributed by atoms with Crippen LogP contribution < -0.4 is 0 Å². The van der Waals surface area contributed by atoms with Gasteiger partial charge in [-0.25, -0.2) is 0 Å². The molecule has 0 unspecified atom stereocenters. The third kappa shape index (κ3) is 3.06. The van der Waals surface area contributed by atoms with Gasteiger partial charge in [0.05, 0.1) is 0 Å². The van der Waals surface area contributed by atoms with E-state index in [1.807, 2.05) is 4.90 Å². The number of hydrogen-bond acceptors (Lipinski definition) is 2. The molecule has 0 N–H and O–H groups in total. The Kier molecular flexibility index (Phi) is 4.31. The van der Waals surface area contributed by atoms with Crippen LogP contribution in [0.15, 0.2) is 37.0 Å². The second-order valence-electron chi connectivity index (χ2n) is 3.66. The monoisotopic (exact) mass is 206 g/mol. The normalized spacial score (nSPS) is 18.7. The van der Waals surface area contributed by atoms with E-state index >= 15 is 0 Å². The zero-order chi connectivity index (χ0) is 11.3. The number of piperazine rings is 1. The number of hydrogen-bond donors (Lipinski definition) is 0. The number of likely N-dealkylation sites (N-methyl/N-ethyl adjacent to an activating group) is 1. The minimum absolute atomic E-state index is 0.0537. The molecular weight excluding hydrogens is 188 g/mol. The maximum absolute atomic E-state index is 11.9. The van der Waals surface area contributed by atoms with Crippen molar-refractivity contribution in [1.82, 2.24) is 9.80 Å². The van der Waals surface area contributed by atoms with Crippen LogP contribution in [0.3, 0.4) is 0 Å². The minimum atomic E-state index is 0.0537. The lowest BCUT2D eigenvalue weighted by Crippen LogP contribution is -2.47. The minimum Gasteiger partial charge on any atom is -0.336 e. The fraction of sp³-hybridized carbons (Fsp3) is 0.417. The number of amides is 1. The van der Waals surface area contributed by atoms with E-state index in [4.69, 9.17) is 0 Å². The average molecular weight is 206 g/mol. The van der Waals surface area contributed by atoms with E-state index in [9.17, 15) is 4.79 Å². The van der Waals surface area contributed by atoms with Crippen LogP contribution in [0, 0.1) is 0 Å². The number of allylic oxidation sites excluding steroid dienone is 2. The summed E-state index contributed by atoms with van der Waals surface area (Å²) in [4.78, 5) is 16.0. The van der Waals surface area contributed by atoms with Crippen molar-refractivity contribution in [2.24, 2.45) is 0 Å². The lowest BCUT2D eigenvalue weighted by molar-refractivity contribution is -0.128. The van der Waals surface area contributed by atoms with Gasteiger partial charge >= 0.3 is 0 Å². The van der Waals surface area contributed by atoms with Gasteiger partial charge in [0.2, 0.25) is 0 Å². The van der Waals surface area contributed by atoms with Crippen LogP contribution in [0.4, 0.5) is 0 Å². The van der Waals surface area contributed by atoms with Crippen molar-refractivity contribution in [1.29, 1.82) is 0 Å². The standard InChI is InChI=1S/C12H18N2O/c1-4-6-11(5-2)12(15)14-9-7-13(3)8-10-14/h4-6H,1-2,7-10H2,3H3/b11-6+. The van der Waals surface area contributed by atoms with Crippen LogP contribution in [-0.2, 0) is 4.79 Å². The summed E-state index contributed by atoms with van der Waals surface area (Å²) in [5, 5.41) is 0. The molecule has 1 rings (SSSR count). The summed E-state index contributed by atoms with van der Waals surface area (Å²) in [6.07, 6.45) is 4.90. The smallest absolute Gasteiger partial charge is 0.253 e. The molecule has 0 saturated carbocycles. The van der Waals surface area contributed by atoms with Gasteiger partial charge in [-0.05, 0) is 7.05 Å². The highest BCUT2D eigenvalue weighted by Crippen LogP contribution is 2.07. The number of rotatable bonds is 3. The molecule has 0 aliphatic carbocycles. The van der Waals surface area contributed by atoms with E-state index in [1.165, 1.54) is 0 Å². The molecule has 1 heterocycles. The summed E-state index contributed by atoms with van der Waals surface area (Å²) in [6, 6.07) is 0. The molecule has 1 fully saturated rings. The predicted octanol–water partition coefficient (Wildman–Crippen LogP) is 1.06. The fourth-order valence-corrected chi connectivity index (χ4v) is 1.55. The second kappa shape index (κ2) is 5.51. The Morgan fingerprint density at radius 1 is 1.20 bits per heavy atom. The lowest BCUT2D eigenvalue weighted by Gasteiger charge is -2.32. The van der Waals surface area contributed by atoms with Crippen LogP contribution in [0.2, 0.25) is 0 Å². The summed E-state index contributed by atoms with van der Waals surface area (Å²) in [5.41, 5.74) is 0.620. The molecule has 82 valence electrons. The highest BCUT2D eigenvalue weighted by molar-refractivity contribution is 5.96. The summed E-state index contributed by atoms with van der Waals surface area (Å²) >= 11 is 0. The van der Waals surface area contributed by atoms with Crippen LogP contribution in [-0.4, -0.2) is 48.9 Å². The molecule has 0 aromatic rings. The van der Waals surface area contributed by atoms with Crippen molar-refractivity contribution < 1.29 is 4.79 Å². The molecule has 3 nitrogen and oxygen atoms in total. The Bertz CT molecular complexity index is 286. The molecule has 1 saturated heterocycles. The SMILES string of the molecule is C=C/C=C(\C=C)C(=O)N1CCN(C)CC1. The van der Waals surface area contributed by atoms with E-state index < -0.39 is 0 Å². The fourth-order valence-electron chi connectivity index (χ4n) is 1.55. The maximum atomic E-state index is 11.9. The van der Waals surface area contributed by atoms with Gasteiger partial charge in [0.25, 0.3) is 5.91 Å². The Balaban J connectivity index is 2.63. The van der Waals surface area contributed by atoms with Gasteiger partial charge in [0, 0.05) is 31.8 Å². The number of carbonyl (C=O) groups excluding carboxylic acids is 1. The molecule has 0 radical (unpaired) electrons. The van der Waals surface area contributed by atoms with Crippen molar-refractivity contribution in [3.05, 3.63) is 37.0 Å². The molecule has 1 aliphatic rings. The summed E-state index contributed by atoms with van der Waals surface area (Å²) < 4.78 is 0. The highest BCUT2D eigenvalue weighted by Gasteiger charge is 2.20. The molecule has 1 aliphatic heterocycles. The van der Waals surface area contributed by atoms with Gasteiger partial charge in [-0.1, -0.05) is 31.4 Å². The molecule has 3 heteroatoms. The van der Waals surface area contributed by atoms with Gasteiger partial charge in [0.15, 0.2) is 0 Å². The van der Waals surface area contributed by atoms with E-state index in [0.29, 0.717) is 5.57 Å². The first-order valence-electron chi connectivity index (χ1n) is 5.12. The third-order valence-corrected chi connectivity index (χ3v) is 2.55. The second-order valence-corrected chi connectivity index (χ2v) is 3.66. The molecule has 0 aromatic heterocycles. The molecule has 1 amide bonds. The molecule has 15 heavy (non-hydrogen) atoms. The van der Waals surface area contributed by atoms with Crippen molar-refractivity contribution in [3.63, 3.8) is 0 Å². The molecular formula is C12H18N2O. The van der Waals surface area contributed by atoms with Crippen LogP contribution in [0.25, 0.3) is 0 Å².